The standard InChI is InChI=1S/C26H32N4O/c1-18-15-21(19(2)30(18)22-11-7-4-8-12-22)16-29-14-13-24-23(17-29)26(31)28-25(27-24)20-9-5-3-6-10-20/h4,7-8,11-12,15,20H,3,5-6,9-10,13-14,16-17H2,1-2H3,(H,27,28,31). The molecule has 3 heterocycles. The average Bonchev–Trinajstić information content (AvgIpc) is 3.08. The Morgan fingerprint density at radius 1 is 1.10 bits per heavy atom. The lowest BCUT2D eigenvalue weighted by Crippen LogP contribution is -2.36. The van der Waals surface area contributed by atoms with E-state index in [2.05, 4.69) is 64.7 Å². The number of nitrogens with zero attached hydrogens (tertiary/aromatic N) is 3. The van der Waals surface area contributed by atoms with E-state index in [-0.39, 0.29) is 5.56 Å². The van der Waals surface area contributed by atoms with Crippen molar-refractivity contribution in [2.45, 2.75) is 71.4 Å². The number of H-pyrrole nitrogens is 1. The van der Waals surface area contributed by atoms with Crippen LogP contribution in [0, 0.1) is 13.8 Å². The zero-order chi connectivity index (χ0) is 21.4. The highest BCUT2D eigenvalue weighted by molar-refractivity contribution is 5.41. The van der Waals surface area contributed by atoms with Crippen LogP contribution in [0.25, 0.3) is 5.69 Å². The van der Waals surface area contributed by atoms with Crippen molar-refractivity contribution in [2.75, 3.05) is 6.54 Å². The summed E-state index contributed by atoms with van der Waals surface area (Å²) in [6.07, 6.45) is 6.99. The Balaban J connectivity index is 1.35. The van der Waals surface area contributed by atoms with Gasteiger partial charge in [0, 0.05) is 49.0 Å². The van der Waals surface area contributed by atoms with E-state index in [1.807, 2.05) is 0 Å². The molecule has 0 bridgehead atoms. The predicted molar refractivity (Wildman–Crippen MR) is 124 cm³/mol. The van der Waals surface area contributed by atoms with Gasteiger partial charge in [-0.1, -0.05) is 37.5 Å². The number of para-hydroxylation sites is 1. The van der Waals surface area contributed by atoms with Crippen LogP contribution < -0.4 is 5.56 Å². The summed E-state index contributed by atoms with van der Waals surface area (Å²) in [5.74, 6) is 1.37. The van der Waals surface area contributed by atoms with Gasteiger partial charge in [-0.15, -0.1) is 0 Å². The molecule has 162 valence electrons. The van der Waals surface area contributed by atoms with E-state index in [1.54, 1.807) is 0 Å². The average molecular weight is 417 g/mol. The minimum absolute atomic E-state index is 0.0741. The number of aromatic nitrogens is 3. The highest BCUT2D eigenvalue weighted by atomic mass is 16.1. The third kappa shape index (κ3) is 3.99. The molecule has 5 nitrogen and oxygen atoms in total. The Kier molecular flexibility index (Phi) is 5.53. The van der Waals surface area contributed by atoms with Crippen LogP contribution in [0.3, 0.4) is 0 Å². The minimum atomic E-state index is 0.0741. The Bertz CT molecular complexity index is 1120. The molecule has 1 aliphatic heterocycles. The number of hydrogen-bond acceptors (Lipinski definition) is 3. The van der Waals surface area contributed by atoms with Crippen LogP contribution in [-0.4, -0.2) is 26.0 Å². The van der Waals surface area contributed by atoms with Crippen molar-refractivity contribution >= 4 is 0 Å². The van der Waals surface area contributed by atoms with E-state index in [0.717, 1.165) is 49.4 Å². The number of benzene rings is 1. The molecule has 0 unspecified atom stereocenters. The molecule has 0 radical (unpaired) electrons. The molecule has 1 fully saturated rings. The van der Waals surface area contributed by atoms with Crippen LogP contribution in [0.5, 0.6) is 0 Å². The van der Waals surface area contributed by atoms with Gasteiger partial charge in [-0.3, -0.25) is 9.69 Å². The van der Waals surface area contributed by atoms with Crippen LogP contribution in [0.1, 0.15) is 72.1 Å². The predicted octanol–water partition coefficient (Wildman–Crippen LogP) is 4.78. The van der Waals surface area contributed by atoms with Crippen molar-refractivity contribution in [1.82, 2.24) is 19.4 Å². The number of hydrogen-bond donors (Lipinski definition) is 1. The molecule has 2 aliphatic rings. The lowest BCUT2D eigenvalue weighted by molar-refractivity contribution is 0.240. The maximum atomic E-state index is 12.9. The van der Waals surface area contributed by atoms with E-state index < -0.39 is 0 Å². The molecule has 0 spiro atoms. The third-order valence-corrected chi connectivity index (χ3v) is 7.10. The molecule has 3 aromatic rings. The van der Waals surface area contributed by atoms with E-state index in [0.29, 0.717) is 12.5 Å². The molecule has 0 atom stereocenters. The van der Waals surface area contributed by atoms with Crippen LogP contribution in [-0.2, 0) is 19.5 Å². The first-order chi connectivity index (χ1) is 15.1. The fraction of sp³-hybridized carbons (Fsp3) is 0.462. The Labute approximate surface area is 184 Å². The van der Waals surface area contributed by atoms with Crippen molar-refractivity contribution in [3.8, 4) is 5.69 Å². The molecule has 31 heavy (non-hydrogen) atoms. The highest BCUT2D eigenvalue weighted by Crippen LogP contribution is 2.31. The first-order valence-electron chi connectivity index (χ1n) is 11.7. The van der Waals surface area contributed by atoms with Crippen molar-refractivity contribution in [2.24, 2.45) is 0 Å². The van der Waals surface area contributed by atoms with Gasteiger partial charge >= 0.3 is 0 Å². The van der Waals surface area contributed by atoms with Crippen molar-refractivity contribution in [1.29, 1.82) is 0 Å². The Morgan fingerprint density at radius 3 is 2.65 bits per heavy atom. The molecule has 1 aromatic carbocycles. The minimum Gasteiger partial charge on any atom is -0.318 e. The number of aryl methyl sites for hydroxylation is 1. The largest absolute Gasteiger partial charge is 0.318 e. The lowest BCUT2D eigenvalue weighted by Gasteiger charge is -2.29. The highest BCUT2D eigenvalue weighted by Gasteiger charge is 2.25. The van der Waals surface area contributed by atoms with Crippen LogP contribution in [0.4, 0.5) is 0 Å². The summed E-state index contributed by atoms with van der Waals surface area (Å²) in [6.45, 7) is 6.84. The maximum Gasteiger partial charge on any atom is 0.255 e. The second-order valence-electron chi connectivity index (χ2n) is 9.24. The summed E-state index contributed by atoms with van der Waals surface area (Å²) in [6, 6.07) is 12.8. The van der Waals surface area contributed by atoms with Gasteiger partial charge in [0.05, 0.1) is 11.3 Å². The molecule has 1 aliphatic carbocycles. The van der Waals surface area contributed by atoms with Crippen molar-refractivity contribution < 1.29 is 0 Å². The lowest BCUT2D eigenvalue weighted by atomic mass is 9.88. The Morgan fingerprint density at radius 2 is 1.87 bits per heavy atom. The Hall–Kier alpha value is -2.66. The summed E-state index contributed by atoms with van der Waals surface area (Å²) < 4.78 is 2.32. The van der Waals surface area contributed by atoms with Crippen LogP contribution >= 0.6 is 0 Å². The van der Waals surface area contributed by atoms with Gasteiger partial charge in [0.15, 0.2) is 0 Å². The molecule has 5 heteroatoms. The molecule has 0 amide bonds. The normalized spacial score (nSPS) is 17.6. The fourth-order valence-corrected chi connectivity index (χ4v) is 5.41. The van der Waals surface area contributed by atoms with E-state index in [1.165, 1.54) is 41.9 Å². The van der Waals surface area contributed by atoms with Gasteiger partial charge in [0.25, 0.3) is 5.56 Å². The number of rotatable bonds is 4. The zero-order valence-electron chi connectivity index (χ0n) is 18.7. The van der Waals surface area contributed by atoms with Gasteiger partial charge in [-0.2, -0.15) is 0 Å². The summed E-state index contributed by atoms with van der Waals surface area (Å²) in [7, 11) is 0. The van der Waals surface area contributed by atoms with Gasteiger partial charge in [0.1, 0.15) is 5.82 Å². The van der Waals surface area contributed by atoms with E-state index >= 15 is 0 Å². The van der Waals surface area contributed by atoms with Gasteiger partial charge in [0.2, 0.25) is 0 Å². The summed E-state index contributed by atoms with van der Waals surface area (Å²) in [4.78, 5) is 23.4. The fourth-order valence-electron chi connectivity index (χ4n) is 5.41. The molecular weight excluding hydrogens is 384 g/mol. The van der Waals surface area contributed by atoms with Gasteiger partial charge in [-0.25, -0.2) is 4.98 Å². The summed E-state index contributed by atoms with van der Waals surface area (Å²) in [5.41, 5.74) is 7.00. The smallest absolute Gasteiger partial charge is 0.255 e. The van der Waals surface area contributed by atoms with Crippen LogP contribution in [0.2, 0.25) is 0 Å². The van der Waals surface area contributed by atoms with Gasteiger partial charge in [-0.05, 0) is 50.5 Å². The quantitative estimate of drug-likeness (QED) is 0.666. The topological polar surface area (TPSA) is 53.9 Å². The van der Waals surface area contributed by atoms with Crippen molar-refractivity contribution in [3.05, 3.63) is 80.8 Å². The summed E-state index contributed by atoms with van der Waals surface area (Å²) >= 11 is 0. The molecule has 1 N–H and O–H groups in total. The monoisotopic (exact) mass is 416 g/mol. The third-order valence-electron chi connectivity index (χ3n) is 7.10. The SMILES string of the molecule is Cc1cc(CN2CCc3nc(C4CCCCC4)[nH]c(=O)c3C2)c(C)n1-c1ccccc1. The second-order valence-corrected chi connectivity index (χ2v) is 9.24. The van der Waals surface area contributed by atoms with E-state index in [4.69, 9.17) is 4.98 Å². The molecule has 0 saturated heterocycles. The van der Waals surface area contributed by atoms with Crippen molar-refractivity contribution in [3.63, 3.8) is 0 Å². The molecule has 5 rings (SSSR count). The molecule has 1 saturated carbocycles. The summed E-state index contributed by atoms with van der Waals surface area (Å²) in [5, 5.41) is 0. The van der Waals surface area contributed by atoms with E-state index in [9.17, 15) is 4.79 Å². The first-order valence-corrected chi connectivity index (χ1v) is 11.7. The second kappa shape index (κ2) is 8.46. The zero-order valence-corrected chi connectivity index (χ0v) is 18.7. The molecule has 2 aromatic heterocycles. The maximum absolute atomic E-state index is 12.9. The first kappa shape index (κ1) is 20.3. The number of nitrogens with one attached hydrogen (secondary N) is 1. The van der Waals surface area contributed by atoms with Crippen LogP contribution in [0.15, 0.2) is 41.2 Å². The number of aromatic amines is 1. The molecular formula is C26H32N4O. The van der Waals surface area contributed by atoms with Gasteiger partial charge < -0.3 is 9.55 Å². The number of fused-ring (bicyclic) bond motifs is 1.